The van der Waals surface area contributed by atoms with Gasteiger partial charge in [-0.05, 0) is 36.8 Å². The van der Waals surface area contributed by atoms with Gasteiger partial charge in [0.05, 0.1) is 23.8 Å². The molecule has 0 aliphatic carbocycles. The number of hydrogen-bond donors (Lipinski definition) is 2. The first kappa shape index (κ1) is 13.1. The Hall–Kier alpha value is -2.31. The second-order valence-corrected chi connectivity index (χ2v) is 4.67. The van der Waals surface area contributed by atoms with Gasteiger partial charge in [0.1, 0.15) is 0 Å². The lowest BCUT2D eigenvalue weighted by molar-refractivity contribution is 0.224. The van der Waals surface area contributed by atoms with E-state index in [1.807, 2.05) is 49.4 Å². The molecular formula is C16H16N2O. The molecule has 3 heteroatoms. The van der Waals surface area contributed by atoms with E-state index in [0.717, 1.165) is 11.3 Å². The zero-order valence-electron chi connectivity index (χ0n) is 10.8. The second kappa shape index (κ2) is 5.55. The summed E-state index contributed by atoms with van der Waals surface area (Å²) in [5.74, 6) is 0. The van der Waals surface area contributed by atoms with Gasteiger partial charge in [0.25, 0.3) is 0 Å². The quantitative estimate of drug-likeness (QED) is 0.879. The number of nitrogens with zero attached hydrogens (tertiary/aromatic N) is 1. The molecule has 2 rings (SSSR count). The van der Waals surface area contributed by atoms with Gasteiger partial charge in [-0.25, -0.2) is 0 Å². The molecule has 0 heterocycles. The van der Waals surface area contributed by atoms with Gasteiger partial charge in [-0.2, -0.15) is 5.26 Å². The first-order valence-corrected chi connectivity index (χ1v) is 6.13. The second-order valence-electron chi connectivity index (χ2n) is 4.67. The average molecular weight is 252 g/mol. The molecule has 2 aromatic rings. The van der Waals surface area contributed by atoms with Crippen LogP contribution in [0.15, 0.2) is 54.6 Å². The lowest BCUT2D eigenvalue weighted by atomic mass is 9.92. The van der Waals surface area contributed by atoms with Crippen LogP contribution in [0.5, 0.6) is 0 Å². The van der Waals surface area contributed by atoms with Gasteiger partial charge < -0.3 is 10.4 Å². The molecule has 2 aromatic carbocycles. The van der Waals surface area contributed by atoms with E-state index in [0.29, 0.717) is 5.56 Å². The molecule has 0 saturated heterocycles. The lowest BCUT2D eigenvalue weighted by Crippen LogP contribution is -2.35. The summed E-state index contributed by atoms with van der Waals surface area (Å²) in [5, 5.41) is 21.8. The van der Waals surface area contributed by atoms with Crippen LogP contribution in [-0.4, -0.2) is 11.7 Å². The molecule has 3 nitrogen and oxygen atoms in total. The summed E-state index contributed by atoms with van der Waals surface area (Å²) in [4.78, 5) is 0. The van der Waals surface area contributed by atoms with Gasteiger partial charge in [-0.15, -0.1) is 0 Å². The first-order valence-electron chi connectivity index (χ1n) is 6.13. The van der Waals surface area contributed by atoms with Gasteiger partial charge in [0, 0.05) is 5.69 Å². The third-order valence-corrected chi connectivity index (χ3v) is 3.16. The van der Waals surface area contributed by atoms with Crippen LogP contribution in [-0.2, 0) is 5.54 Å². The van der Waals surface area contributed by atoms with Crippen LogP contribution >= 0.6 is 0 Å². The van der Waals surface area contributed by atoms with Gasteiger partial charge in [-0.3, -0.25) is 0 Å². The predicted molar refractivity (Wildman–Crippen MR) is 75.7 cm³/mol. The monoisotopic (exact) mass is 252 g/mol. The number of rotatable bonds is 4. The molecule has 19 heavy (non-hydrogen) atoms. The third kappa shape index (κ3) is 2.93. The Morgan fingerprint density at radius 2 is 1.74 bits per heavy atom. The van der Waals surface area contributed by atoms with Crippen LogP contribution in [0.25, 0.3) is 0 Å². The van der Waals surface area contributed by atoms with Crippen LogP contribution in [0.4, 0.5) is 5.69 Å². The molecule has 0 radical (unpaired) electrons. The van der Waals surface area contributed by atoms with Crippen LogP contribution in [0.1, 0.15) is 18.1 Å². The zero-order chi connectivity index (χ0) is 13.7. The maximum Gasteiger partial charge on any atom is 0.0991 e. The molecule has 0 aromatic heterocycles. The fourth-order valence-electron chi connectivity index (χ4n) is 1.96. The molecule has 0 saturated carbocycles. The predicted octanol–water partition coefficient (Wildman–Crippen LogP) is 2.88. The molecule has 96 valence electrons. The van der Waals surface area contributed by atoms with E-state index in [1.165, 1.54) is 0 Å². The third-order valence-electron chi connectivity index (χ3n) is 3.16. The molecule has 0 bridgehead atoms. The lowest BCUT2D eigenvalue weighted by Gasteiger charge is -2.30. The van der Waals surface area contributed by atoms with Crippen LogP contribution < -0.4 is 5.32 Å². The summed E-state index contributed by atoms with van der Waals surface area (Å²) in [7, 11) is 0. The number of anilines is 1. The highest BCUT2D eigenvalue weighted by Gasteiger charge is 2.25. The van der Waals surface area contributed by atoms with Crippen molar-refractivity contribution in [2.75, 3.05) is 11.9 Å². The van der Waals surface area contributed by atoms with Crippen molar-refractivity contribution in [2.45, 2.75) is 12.5 Å². The van der Waals surface area contributed by atoms with Crippen LogP contribution in [0.3, 0.4) is 0 Å². The van der Waals surface area contributed by atoms with Crippen molar-refractivity contribution in [2.24, 2.45) is 0 Å². The topological polar surface area (TPSA) is 56.0 Å². The standard InChI is InChI=1S/C16H16N2O/c1-16(12-19,14-5-3-2-4-6-14)18-15-9-7-13(11-17)8-10-15/h2-10,18-19H,12H2,1H3. The Kier molecular flexibility index (Phi) is 3.84. The van der Waals surface area contributed by atoms with E-state index in [1.54, 1.807) is 12.1 Å². The molecule has 0 aliphatic heterocycles. The number of hydrogen-bond acceptors (Lipinski definition) is 3. The highest BCUT2D eigenvalue weighted by Crippen LogP contribution is 2.25. The Morgan fingerprint density at radius 3 is 2.26 bits per heavy atom. The van der Waals surface area contributed by atoms with E-state index >= 15 is 0 Å². The molecule has 0 fully saturated rings. The number of benzene rings is 2. The van der Waals surface area contributed by atoms with Crippen molar-refractivity contribution in [3.8, 4) is 6.07 Å². The largest absolute Gasteiger partial charge is 0.394 e. The minimum absolute atomic E-state index is 0.0169. The minimum Gasteiger partial charge on any atom is -0.394 e. The Labute approximate surface area is 113 Å². The molecule has 0 amide bonds. The van der Waals surface area contributed by atoms with E-state index in [9.17, 15) is 5.11 Å². The van der Waals surface area contributed by atoms with Gasteiger partial charge in [-0.1, -0.05) is 30.3 Å². The maximum atomic E-state index is 9.69. The summed E-state index contributed by atoms with van der Waals surface area (Å²) in [5.41, 5.74) is 1.97. The normalized spacial score (nSPS) is 13.3. The fourth-order valence-corrected chi connectivity index (χ4v) is 1.96. The molecule has 1 atom stereocenters. The fraction of sp³-hybridized carbons (Fsp3) is 0.188. The number of nitriles is 1. The Balaban J connectivity index is 2.25. The molecule has 0 spiro atoms. The highest BCUT2D eigenvalue weighted by molar-refractivity contribution is 5.50. The zero-order valence-corrected chi connectivity index (χ0v) is 10.8. The first-order chi connectivity index (χ1) is 9.18. The van der Waals surface area contributed by atoms with Crippen molar-refractivity contribution in [3.05, 3.63) is 65.7 Å². The van der Waals surface area contributed by atoms with Crippen molar-refractivity contribution in [3.63, 3.8) is 0 Å². The van der Waals surface area contributed by atoms with E-state index in [4.69, 9.17) is 5.26 Å². The molecule has 2 N–H and O–H groups in total. The van der Waals surface area contributed by atoms with Crippen LogP contribution in [0.2, 0.25) is 0 Å². The summed E-state index contributed by atoms with van der Waals surface area (Å²) >= 11 is 0. The van der Waals surface area contributed by atoms with Gasteiger partial charge in [0.2, 0.25) is 0 Å². The molecule has 1 unspecified atom stereocenters. The summed E-state index contributed by atoms with van der Waals surface area (Å²) < 4.78 is 0. The number of aliphatic hydroxyl groups excluding tert-OH is 1. The van der Waals surface area contributed by atoms with E-state index in [2.05, 4.69) is 11.4 Å². The van der Waals surface area contributed by atoms with Crippen LogP contribution in [0, 0.1) is 11.3 Å². The van der Waals surface area contributed by atoms with Crippen molar-refractivity contribution >= 4 is 5.69 Å². The van der Waals surface area contributed by atoms with E-state index < -0.39 is 5.54 Å². The summed E-state index contributed by atoms with van der Waals surface area (Å²) in [6, 6.07) is 19.1. The van der Waals surface area contributed by atoms with E-state index in [-0.39, 0.29) is 6.61 Å². The average Bonchev–Trinajstić information content (AvgIpc) is 2.49. The highest BCUT2D eigenvalue weighted by atomic mass is 16.3. The van der Waals surface area contributed by atoms with Gasteiger partial charge in [0.15, 0.2) is 0 Å². The van der Waals surface area contributed by atoms with Gasteiger partial charge >= 0.3 is 0 Å². The summed E-state index contributed by atoms with van der Waals surface area (Å²) in [6.45, 7) is 1.93. The SMILES string of the molecule is CC(CO)(Nc1ccc(C#N)cc1)c1ccccc1. The maximum absolute atomic E-state index is 9.69. The molecule has 0 aliphatic rings. The summed E-state index contributed by atoms with van der Waals surface area (Å²) in [6.07, 6.45) is 0. The smallest absolute Gasteiger partial charge is 0.0991 e. The minimum atomic E-state index is -0.546. The number of aliphatic hydroxyl groups is 1. The number of nitrogens with one attached hydrogen (secondary N) is 1. The van der Waals surface area contributed by atoms with Crippen molar-refractivity contribution in [1.29, 1.82) is 5.26 Å². The van der Waals surface area contributed by atoms with Crippen molar-refractivity contribution < 1.29 is 5.11 Å². The van der Waals surface area contributed by atoms with Crippen molar-refractivity contribution in [1.82, 2.24) is 0 Å². The Bertz CT molecular complexity index is 572. The molecular weight excluding hydrogens is 236 g/mol. The Morgan fingerprint density at radius 1 is 1.11 bits per heavy atom.